The number of hydrogen-bond donors (Lipinski definition) is 2. The number of benzene rings is 2. The highest BCUT2D eigenvalue weighted by atomic mass is 16.5. The van der Waals surface area contributed by atoms with Gasteiger partial charge in [-0.05, 0) is 59.7 Å². The quantitative estimate of drug-likeness (QED) is 0.375. The Kier molecular flexibility index (Phi) is 7.15. The van der Waals surface area contributed by atoms with Gasteiger partial charge in [0.15, 0.2) is 0 Å². The first kappa shape index (κ1) is 23.6. The van der Waals surface area contributed by atoms with E-state index in [0.29, 0.717) is 5.76 Å². The molecule has 1 aromatic heterocycles. The second kappa shape index (κ2) is 10.6. The predicted molar refractivity (Wildman–Crippen MR) is 127 cm³/mol. The van der Waals surface area contributed by atoms with E-state index < -0.39 is 24.0 Å². The average Bonchev–Trinajstić information content (AvgIpc) is 3.40. The molecule has 4 rings (SSSR count). The summed E-state index contributed by atoms with van der Waals surface area (Å²) in [6, 6.07) is 13.3. The molecule has 0 bridgehead atoms. The van der Waals surface area contributed by atoms with Crippen LogP contribution in [0, 0.1) is 0 Å². The molecule has 1 aliphatic rings. The number of nitrogens with one attached hydrogen (secondary N) is 2. The van der Waals surface area contributed by atoms with Crippen molar-refractivity contribution in [2.75, 3.05) is 20.3 Å². The summed E-state index contributed by atoms with van der Waals surface area (Å²) < 4.78 is 21.1. The Morgan fingerprint density at radius 2 is 1.89 bits per heavy atom. The first-order valence-electron chi connectivity index (χ1n) is 10.9. The van der Waals surface area contributed by atoms with Gasteiger partial charge in [0.1, 0.15) is 24.2 Å². The largest absolute Gasteiger partial charge is 0.497 e. The Balaban J connectivity index is 1.50. The van der Waals surface area contributed by atoms with Crippen LogP contribution < -0.4 is 15.4 Å². The zero-order chi connectivity index (χ0) is 24.8. The van der Waals surface area contributed by atoms with Crippen molar-refractivity contribution >= 4 is 34.8 Å². The number of urea groups is 1. The summed E-state index contributed by atoms with van der Waals surface area (Å²) in [5.74, 6) is -0.186. The van der Waals surface area contributed by atoms with Crippen molar-refractivity contribution in [1.29, 1.82) is 0 Å². The molecule has 9 nitrogen and oxygen atoms in total. The number of fused-ring (bicyclic) bond motifs is 1. The summed E-state index contributed by atoms with van der Waals surface area (Å²) >= 11 is 0. The number of methoxy groups -OCH3 is 1. The van der Waals surface area contributed by atoms with Gasteiger partial charge in [0.25, 0.3) is 0 Å². The number of rotatable bonds is 8. The van der Waals surface area contributed by atoms with Crippen LogP contribution in [0.15, 0.2) is 76.6 Å². The van der Waals surface area contributed by atoms with E-state index in [4.69, 9.17) is 18.6 Å². The summed E-state index contributed by atoms with van der Waals surface area (Å²) in [4.78, 5) is 37.2. The van der Waals surface area contributed by atoms with Crippen LogP contribution in [0.5, 0.6) is 5.75 Å². The first-order valence-corrected chi connectivity index (χ1v) is 10.9. The molecule has 9 heteroatoms. The first-order chi connectivity index (χ1) is 17.0. The van der Waals surface area contributed by atoms with Gasteiger partial charge in [-0.15, -0.1) is 0 Å². The minimum atomic E-state index is -0.877. The minimum absolute atomic E-state index is 0.100. The number of esters is 2. The van der Waals surface area contributed by atoms with Gasteiger partial charge in [0.05, 0.1) is 31.2 Å². The molecule has 180 valence electrons. The summed E-state index contributed by atoms with van der Waals surface area (Å²) in [5, 5.41) is 7.16. The van der Waals surface area contributed by atoms with Crippen LogP contribution in [0.3, 0.4) is 0 Å². The minimum Gasteiger partial charge on any atom is -0.497 e. The fraction of sp³-hybridized carbons (Fsp3) is 0.192. The van der Waals surface area contributed by atoms with Crippen molar-refractivity contribution in [3.8, 4) is 5.75 Å². The van der Waals surface area contributed by atoms with Crippen LogP contribution >= 0.6 is 0 Å². The Hall–Kier alpha value is -4.53. The molecule has 2 heterocycles. The third-order valence-electron chi connectivity index (χ3n) is 5.32. The number of furan rings is 1. The summed E-state index contributed by atoms with van der Waals surface area (Å²) in [6.45, 7) is 1.47. The maximum atomic E-state index is 12.6. The summed E-state index contributed by atoms with van der Waals surface area (Å²) in [7, 11) is 1.61. The third kappa shape index (κ3) is 5.52. The van der Waals surface area contributed by atoms with E-state index >= 15 is 0 Å². The Bertz CT molecular complexity index is 1310. The van der Waals surface area contributed by atoms with Crippen LogP contribution in [-0.2, 0) is 19.1 Å². The van der Waals surface area contributed by atoms with Gasteiger partial charge in [-0.2, -0.15) is 0 Å². The molecule has 2 aromatic carbocycles. The predicted octanol–water partition coefficient (Wildman–Crippen LogP) is 3.87. The van der Waals surface area contributed by atoms with Gasteiger partial charge in [0.2, 0.25) is 0 Å². The second-order valence-corrected chi connectivity index (χ2v) is 7.57. The molecule has 35 heavy (non-hydrogen) atoms. The standard InChI is InChI=1S/C26H24N2O7/c1-3-33-25(30)23-20(27-26(31)28-24(23)21-5-4-12-34-21)15-35-22(29)11-7-16-6-8-18-14-19(32-2)10-9-17(18)13-16/h4-14,24H,3,15H2,1-2H3,(H2,27,28,31)/b11-7+. The zero-order valence-corrected chi connectivity index (χ0v) is 19.2. The molecule has 0 saturated carbocycles. The van der Waals surface area contributed by atoms with E-state index in [-0.39, 0.29) is 24.5 Å². The molecule has 2 N–H and O–H groups in total. The van der Waals surface area contributed by atoms with Crippen LogP contribution in [0.25, 0.3) is 16.8 Å². The highest BCUT2D eigenvalue weighted by Crippen LogP contribution is 2.28. The van der Waals surface area contributed by atoms with Crippen molar-refractivity contribution in [3.05, 3.63) is 83.5 Å². The summed E-state index contributed by atoms with van der Waals surface area (Å²) in [5.41, 5.74) is 1.03. The fourth-order valence-corrected chi connectivity index (χ4v) is 3.68. The molecular weight excluding hydrogens is 452 g/mol. The zero-order valence-electron chi connectivity index (χ0n) is 19.2. The van der Waals surface area contributed by atoms with Crippen LogP contribution in [0.1, 0.15) is 24.3 Å². The molecule has 3 aromatic rings. The number of hydrogen-bond acceptors (Lipinski definition) is 7. The molecule has 0 aliphatic carbocycles. The number of carbonyl (C=O) groups is 3. The lowest BCUT2D eigenvalue weighted by atomic mass is 10.0. The van der Waals surface area contributed by atoms with Crippen molar-refractivity contribution < 1.29 is 33.0 Å². The lowest BCUT2D eigenvalue weighted by Gasteiger charge is -2.27. The highest BCUT2D eigenvalue weighted by Gasteiger charge is 2.35. The van der Waals surface area contributed by atoms with Crippen molar-refractivity contribution in [1.82, 2.24) is 10.6 Å². The van der Waals surface area contributed by atoms with E-state index in [9.17, 15) is 14.4 Å². The topological polar surface area (TPSA) is 116 Å². The van der Waals surface area contributed by atoms with Crippen molar-refractivity contribution in [3.63, 3.8) is 0 Å². The second-order valence-electron chi connectivity index (χ2n) is 7.57. The average molecular weight is 476 g/mol. The Labute approximate surface area is 201 Å². The van der Waals surface area contributed by atoms with Gasteiger partial charge < -0.3 is 29.3 Å². The van der Waals surface area contributed by atoms with E-state index in [1.807, 2.05) is 36.4 Å². The maximum absolute atomic E-state index is 12.6. The van der Waals surface area contributed by atoms with Crippen LogP contribution in [0.2, 0.25) is 0 Å². The highest BCUT2D eigenvalue weighted by molar-refractivity contribution is 5.95. The van der Waals surface area contributed by atoms with Gasteiger partial charge in [-0.1, -0.05) is 18.2 Å². The molecule has 0 spiro atoms. The SMILES string of the molecule is CCOC(=O)C1=C(COC(=O)/C=C/c2ccc3cc(OC)ccc3c2)NC(=O)NC1c1ccco1. The molecule has 1 atom stereocenters. The Morgan fingerprint density at radius 1 is 1.09 bits per heavy atom. The van der Waals surface area contributed by atoms with Gasteiger partial charge in [0, 0.05) is 6.08 Å². The van der Waals surface area contributed by atoms with Crippen molar-refractivity contribution in [2.24, 2.45) is 0 Å². The molecule has 1 unspecified atom stereocenters. The van der Waals surface area contributed by atoms with E-state index in [0.717, 1.165) is 22.1 Å². The number of carbonyl (C=O) groups excluding carboxylic acids is 3. The van der Waals surface area contributed by atoms with E-state index in [2.05, 4.69) is 10.6 Å². The fourth-order valence-electron chi connectivity index (χ4n) is 3.68. The van der Waals surface area contributed by atoms with Gasteiger partial charge in [-0.3, -0.25) is 0 Å². The normalized spacial score (nSPS) is 15.6. The molecule has 0 saturated heterocycles. The molecule has 1 aliphatic heterocycles. The molecular formula is C26H24N2O7. The number of amides is 2. The monoisotopic (exact) mass is 476 g/mol. The van der Waals surface area contributed by atoms with Gasteiger partial charge in [-0.25, -0.2) is 14.4 Å². The molecule has 0 radical (unpaired) electrons. The van der Waals surface area contributed by atoms with Crippen LogP contribution in [0.4, 0.5) is 4.79 Å². The van der Waals surface area contributed by atoms with E-state index in [1.54, 1.807) is 32.2 Å². The Morgan fingerprint density at radius 3 is 2.63 bits per heavy atom. The van der Waals surface area contributed by atoms with Gasteiger partial charge >= 0.3 is 18.0 Å². The lowest BCUT2D eigenvalue weighted by molar-refractivity contribution is -0.140. The third-order valence-corrected chi connectivity index (χ3v) is 5.32. The molecule has 0 fully saturated rings. The van der Waals surface area contributed by atoms with E-state index in [1.165, 1.54) is 12.3 Å². The molecule has 2 amide bonds. The van der Waals surface area contributed by atoms with Crippen molar-refractivity contribution in [2.45, 2.75) is 13.0 Å². The van der Waals surface area contributed by atoms with Crippen LogP contribution in [-0.4, -0.2) is 38.3 Å². The lowest BCUT2D eigenvalue weighted by Crippen LogP contribution is -2.47. The smallest absolute Gasteiger partial charge is 0.338 e. The summed E-state index contributed by atoms with van der Waals surface area (Å²) in [6.07, 6.45) is 4.33. The number of ether oxygens (including phenoxy) is 3. The maximum Gasteiger partial charge on any atom is 0.338 e.